The molecule has 0 unspecified atom stereocenters. The Morgan fingerprint density at radius 2 is 2.00 bits per heavy atom. The van der Waals surface area contributed by atoms with Crippen molar-refractivity contribution in [3.05, 3.63) is 33.2 Å². The Morgan fingerprint density at radius 3 is 2.59 bits per heavy atom. The van der Waals surface area contributed by atoms with Crippen molar-refractivity contribution < 1.29 is 0 Å². The number of fused-ring (bicyclic) bond motifs is 1. The number of aromatic amines is 1. The Bertz CT molecular complexity index is 497. The highest BCUT2D eigenvalue weighted by Crippen LogP contribution is 2.44. The molecule has 1 aromatic heterocycles. The highest BCUT2D eigenvalue weighted by atomic mass is 16.1. The van der Waals surface area contributed by atoms with Gasteiger partial charge in [-0.1, -0.05) is 27.7 Å². The molecule has 0 amide bonds. The number of aromatic nitrogens is 1. The first-order valence-corrected chi connectivity index (χ1v) is 6.21. The third-order valence-electron chi connectivity index (χ3n) is 3.72. The zero-order valence-corrected chi connectivity index (χ0v) is 11.2. The second-order valence-corrected chi connectivity index (χ2v) is 6.62. The number of pyridine rings is 1. The van der Waals surface area contributed by atoms with E-state index < -0.39 is 0 Å². The van der Waals surface area contributed by atoms with E-state index in [1.807, 2.05) is 6.07 Å². The number of nitrogens with two attached hydrogens (primary N) is 1. The third kappa shape index (κ3) is 2.16. The van der Waals surface area contributed by atoms with E-state index >= 15 is 0 Å². The molecule has 2 rings (SSSR count). The van der Waals surface area contributed by atoms with Crippen LogP contribution in [0.2, 0.25) is 0 Å². The van der Waals surface area contributed by atoms with Crippen LogP contribution in [0.15, 0.2) is 10.9 Å². The van der Waals surface area contributed by atoms with E-state index in [0.717, 1.165) is 18.5 Å². The van der Waals surface area contributed by atoms with E-state index in [-0.39, 0.29) is 16.4 Å². The minimum Gasteiger partial charge on any atom is -0.326 e. The topological polar surface area (TPSA) is 58.9 Å². The standard InChI is InChI=1S/C14H22N2O/c1-13(2)6-11-10(14(3,4)8-13)5-9(7-15)12(17)16-11/h5H,6-8,15H2,1-4H3,(H,16,17). The monoisotopic (exact) mass is 234 g/mol. The van der Waals surface area contributed by atoms with E-state index in [9.17, 15) is 4.79 Å². The van der Waals surface area contributed by atoms with Crippen LogP contribution in [0.3, 0.4) is 0 Å². The fourth-order valence-electron chi connectivity index (χ4n) is 3.34. The molecule has 0 aliphatic heterocycles. The molecular weight excluding hydrogens is 212 g/mol. The molecule has 0 saturated carbocycles. The zero-order valence-electron chi connectivity index (χ0n) is 11.2. The van der Waals surface area contributed by atoms with Gasteiger partial charge in [0.1, 0.15) is 0 Å². The van der Waals surface area contributed by atoms with Crippen LogP contribution < -0.4 is 11.3 Å². The van der Waals surface area contributed by atoms with Crippen molar-refractivity contribution in [2.45, 2.75) is 52.5 Å². The largest absolute Gasteiger partial charge is 0.326 e. The lowest BCUT2D eigenvalue weighted by molar-refractivity contribution is 0.227. The molecule has 0 spiro atoms. The average molecular weight is 234 g/mol. The van der Waals surface area contributed by atoms with E-state index in [4.69, 9.17) is 5.73 Å². The number of nitrogens with one attached hydrogen (secondary N) is 1. The zero-order chi connectivity index (χ0) is 12.8. The smallest absolute Gasteiger partial charge is 0.252 e. The lowest BCUT2D eigenvalue weighted by Gasteiger charge is -2.42. The Morgan fingerprint density at radius 1 is 1.35 bits per heavy atom. The molecular formula is C14H22N2O. The normalized spacial score (nSPS) is 21.0. The Hall–Kier alpha value is -1.09. The quantitative estimate of drug-likeness (QED) is 0.781. The predicted molar refractivity (Wildman–Crippen MR) is 70.1 cm³/mol. The minimum atomic E-state index is -0.0280. The minimum absolute atomic E-state index is 0.0280. The van der Waals surface area contributed by atoms with Crippen molar-refractivity contribution in [1.82, 2.24) is 4.98 Å². The fourth-order valence-corrected chi connectivity index (χ4v) is 3.34. The molecule has 1 aromatic rings. The van der Waals surface area contributed by atoms with Crippen LogP contribution in [0.4, 0.5) is 0 Å². The van der Waals surface area contributed by atoms with Gasteiger partial charge in [-0.25, -0.2) is 0 Å². The highest BCUT2D eigenvalue weighted by Gasteiger charge is 2.38. The first-order valence-electron chi connectivity index (χ1n) is 6.21. The third-order valence-corrected chi connectivity index (χ3v) is 3.72. The second kappa shape index (κ2) is 3.70. The second-order valence-electron chi connectivity index (χ2n) is 6.62. The van der Waals surface area contributed by atoms with E-state index in [1.165, 1.54) is 5.56 Å². The summed E-state index contributed by atoms with van der Waals surface area (Å²) in [6.45, 7) is 9.30. The van der Waals surface area contributed by atoms with Gasteiger partial charge in [0, 0.05) is 17.8 Å². The summed E-state index contributed by atoms with van der Waals surface area (Å²) in [6.07, 6.45) is 2.06. The lowest BCUT2D eigenvalue weighted by Crippen LogP contribution is -2.37. The fraction of sp³-hybridized carbons (Fsp3) is 0.643. The number of hydrogen-bond acceptors (Lipinski definition) is 2. The van der Waals surface area contributed by atoms with E-state index in [0.29, 0.717) is 12.1 Å². The van der Waals surface area contributed by atoms with Gasteiger partial charge in [0.15, 0.2) is 0 Å². The Kier molecular flexibility index (Phi) is 2.69. The number of H-pyrrole nitrogens is 1. The van der Waals surface area contributed by atoms with Gasteiger partial charge in [0.05, 0.1) is 0 Å². The van der Waals surface area contributed by atoms with Crippen molar-refractivity contribution in [1.29, 1.82) is 0 Å². The molecule has 17 heavy (non-hydrogen) atoms. The molecule has 0 atom stereocenters. The van der Waals surface area contributed by atoms with Crippen LogP contribution in [0.25, 0.3) is 0 Å². The van der Waals surface area contributed by atoms with Gasteiger partial charge in [-0.3, -0.25) is 4.79 Å². The highest BCUT2D eigenvalue weighted by molar-refractivity contribution is 5.35. The molecule has 0 saturated heterocycles. The summed E-state index contributed by atoms with van der Waals surface area (Å²) in [5.41, 5.74) is 8.96. The molecule has 1 aliphatic carbocycles. The molecule has 3 nitrogen and oxygen atoms in total. The van der Waals surface area contributed by atoms with Gasteiger partial charge >= 0.3 is 0 Å². The van der Waals surface area contributed by atoms with Crippen molar-refractivity contribution >= 4 is 0 Å². The SMILES string of the molecule is CC1(C)Cc2[nH]c(=O)c(CN)cc2C(C)(C)C1. The Balaban J connectivity index is 2.63. The molecule has 0 bridgehead atoms. The van der Waals surface area contributed by atoms with Crippen LogP contribution in [0.5, 0.6) is 0 Å². The molecule has 94 valence electrons. The van der Waals surface area contributed by atoms with Gasteiger partial charge in [-0.05, 0) is 35.3 Å². The maximum absolute atomic E-state index is 11.8. The molecule has 1 heterocycles. The first kappa shape index (κ1) is 12.4. The van der Waals surface area contributed by atoms with E-state index in [2.05, 4.69) is 32.7 Å². The maximum Gasteiger partial charge on any atom is 0.252 e. The summed E-state index contributed by atoms with van der Waals surface area (Å²) in [6, 6.07) is 2.00. The number of rotatable bonds is 1. The predicted octanol–water partition coefficient (Wildman–Crippen LogP) is 2.08. The summed E-state index contributed by atoms with van der Waals surface area (Å²) in [4.78, 5) is 14.8. The summed E-state index contributed by atoms with van der Waals surface area (Å²) in [5, 5.41) is 0. The van der Waals surface area contributed by atoms with Crippen LogP contribution in [0, 0.1) is 5.41 Å². The molecule has 0 fully saturated rings. The van der Waals surface area contributed by atoms with Crippen LogP contribution >= 0.6 is 0 Å². The molecule has 3 heteroatoms. The summed E-state index contributed by atoms with van der Waals surface area (Å²) in [5.74, 6) is 0. The van der Waals surface area contributed by atoms with E-state index in [1.54, 1.807) is 0 Å². The van der Waals surface area contributed by atoms with Gasteiger partial charge in [0.2, 0.25) is 0 Å². The van der Waals surface area contributed by atoms with Crippen LogP contribution in [-0.2, 0) is 18.4 Å². The molecule has 0 radical (unpaired) electrons. The van der Waals surface area contributed by atoms with Crippen molar-refractivity contribution in [3.8, 4) is 0 Å². The van der Waals surface area contributed by atoms with Gasteiger partial charge in [0.25, 0.3) is 5.56 Å². The first-order chi connectivity index (χ1) is 7.75. The Labute approximate surface area is 102 Å². The van der Waals surface area contributed by atoms with Crippen molar-refractivity contribution in [3.63, 3.8) is 0 Å². The summed E-state index contributed by atoms with van der Waals surface area (Å²) < 4.78 is 0. The van der Waals surface area contributed by atoms with Gasteiger partial charge < -0.3 is 10.7 Å². The lowest BCUT2D eigenvalue weighted by atomic mass is 9.64. The molecule has 3 N–H and O–H groups in total. The van der Waals surface area contributed by atoms with Gasteiger partial charge in [-0.15, -0.1) is 0 Å². The summed E-state index contributed by atoms with van der Waals surface area (Å²) >= 11 is 0. The van der Waals surface area contributed by atoms with Crippen molar-refractivity contribution in [2.24, 2.45) is 11.1 Å². The van der Waals surface area contributed by atoms with Gasteiger partial charge in [-0.2, -0.15) is 0 Å². The molecule has 0 aromatic carbocycles. The van der Waals surface area contributed by atoms with Crippen molar-refractivity contribution in [2.75, 3.05) is 0 Å². The molecule has 1 aliphatic rings. The van der Waals surface area contributed by atoms with Crippen LogP contribution in [-0.4, -0.2) is 4.98 Å². The maximum atomic E-state index is 11.8. The summed E-state index contributed by atoms with van der Waals surface area (Å²) in [7, 11) is 0. The number of hydrogen-bond donors (Lipinski definition) is 2. The average Bonchev–Trinajstić information content (AvgIpc) is 2.13. The van der Waals surface area contributed by atoms with Crippen LogP contribution in [0.1, 0.15) is 50.9 Å².